The Balaban J connectivity index is 2.28. The van der Waals surface area contributed by atoms with E-state index in [1.807, 2.05) is 7.05 Å². The van der Waals surface area contributed by atoms with Crippen molar-refractivity contribution in [1.82, 2.24) is 15.1 Å². The van der Waals surface area contributed by atoms with Gasteiger partial charge in [0.2, 0.25) is 0 Å². The van der Waals surface area contributed by atoms with Crippen molar-refractivity contribution in [3.05, 3.63) is 35.7 Å². The Morgan fingerprint density at radius 2 is 2.00 bits per heavy atom. The van der Waals surface area contributed by atoms with Gasteiger partial charge in [-0.25, -0.2) is 0 Å². The summed E-state index contributed by atoms with van der Waals surface area (Å²) in [6.45, 7) is 3.88. The van der Waals surface area contributed by atoms with Crippen molar-refractivity contribution < 1.29 is 22.6 Å². The Labute approximate surface area is 157 Å². The molecule has 0 unspecified atom stereocenters. The summed E-state index contributed by atoms with van der Waals surface area (Å²) < 4.78 is 50.5. The molecule has 0 aliphatic heterocycles. The minimum absolute atomic E-state index is 0.0537. The number of benzene rings is 1. The number of aromatic amines is 1. The van der Waals surface area contributed by atoms with E-state index in [2.05, 4.69) is 22.0 Å². The Morgan fingerprint density at radius 3 is 2.67 bits per heavy atom. The molecular formula is C19H26F3N3O2. The van der Waals surface area contributed by atoms with Crippen molar-refractivity contribution in [3.8, 4) is 16.9 Å². The Hall–Kier alpha value is -2.06. The lowest BCUT2D eigenvalue weighted by atomic mass is 10.0. The molecule has 0 bridgehead atoms. The van der Waals surface area contributed by atoms with Crippen LogP contribution in [0.5, 0.6) is 5.75 Å². The lowest BCUT2D eigenvalue weighted by molar-refractivity contribution is -0.139. The van der Waals surface area contributed by atoms with E-state index in [1.165, 1.54) is 13.2 Å². The van der Waals surface area contributed by atoms with Crippen molar-refractivity contribution in [2.45, 2.75) is 32.5 Å². The second-order valence-corrected chi connectivity index (χ2v) is 6.40. The van der Waals surface area contributed by atoms with Crippen molar-refractivity contribution in [1.29, 1.82) is 0 Å². The van der Waals surface area contributed by atoms with E-state index in [9.17, 15) is 13.2 Å². The summed E-state index contributed by atoms with van der Waals surface area (Å²) in [5, 5.41) is 6.93. The number of H-pyrrole nitrogens is 1. The van der Waals surface area contributed by atoms with Gasteiger partial charge in [0, 0.05) is 19.2 Å². The number of unbranched alkanes of at least 4 members (excludes halogenated alkanes) is 1. The summed E-state index contributed by atoms with van der Waals surface area (Å²) in [6.07, 6.45) is -0.810. The molecule has 0 saturated carbocycles. The molecule has 5 nitrogen and oxygen atoms in total. The van der Waals surface area contributed by atoms with Crippen LogP contribution in [0.3, 0.4) is 0 Å². The number of nitrogens with zero attached hydrogens (tertiary/aromatic N) is 2. The van der Waals surface area contributed by atoms with Gasteiger partial charge in [0.15, 0.2) is 0 Å². The predicted molar refractivity (Wildman–Crippen MR) is 97.6 cm³/mol. The minimum Gasteiger partial charge on any atom is -0.491 e. The molecular weight excluding hydrogens is 359 g/mol. The molecule has 27 heavy (non-hydrogen) atoms. The summed E-state index contributed by atoms with van der Waals surface area (Å²) >= 11 is 0. The van der Waals surface area contributed by atoms with Crippen LogP contribution in [-0.4, -0.2) is 49.0 Å². The monoisotopic (exact) mass is 385 g/mol. The smallest absolute Gasteiger partial charge is 0.419 e. The summed E-state index contributed by atoms with van der Waals surface area (Å²) in [5.41, 5.74) is 1.10. The standard InChI is InChI=1S/C19H26F3N3O2/c1-4-5-8-25(2)13-17-15(12-23-24-17)14-6-7-18(27-10-9-26-3)16(11-14)19(20,21)22/h6-7,11-12H,4-5,8-10,13H2,1-3H3,(H,23,24). The highest BCUT2D eigenvalue weighted by molar-refractivity contribution is 5.67. The molecule has 1 aromatic carbocycles. The van der Waals surface area contributed by atoms with Crippen LogP contribution in [0.15, 0.2) is 24.4 Å². The number of methoxy groups -OCH3 is 1. The molecule has 1 N–H and O–H groups in total. The lowest BCUT2D eigenvalue weighted by Crippen LogP contribution is -2.19. The second kappa shape index (κ2) is 9.75. The summed E-state index contributed by atoms with van der Waals surface area (Å²) in [6, 6.07) is 4.09. The first kappa shape index (κ1) is 21.2. The molecule has 0 aliphatic carbocycles. The van der Waals surface area contributed by atoms with E-state index in [-0.39, 0.29) is 19.0 Å². The van der Waals surface area contributed by atoms with Gasteiger partial charge in [0.05, 0.1) is 24.1 Å². The fourth-order valence-electron chi connectivity index (χ4n) is 2.74. The first-order valence-corrected chi connectivity index (χ1v) is 8.91. The van der Waals surface area contributed by atoms with E-state index >= 15 is 0 Å². The number of hydrogen-bond donors (Lipinski definition) is 1. The third kappa shape index (κ3) is 5.97. The van der Waals surface area contributed by atoms with Crippen LogP contribution < -0.4 is 4.74 Å². The SMILES string of the molecule is CCCCN(C)Cc1[nH]ncc1-c1ccc(OCCOC)c(C(F)(F)F)c1. The van der Waals surface area contributed by atoms with Crippen LogP contribution >= 0.6 is 0 Å². The van der Waals surface area contributed by atoms with Crippen molar-refractivity contribution >= 4 is 0 Å². The lowest BCUT2D eigenvalue weighted by Gasteiger charge is -2.17. The molecule has 0 spiro atoms. The van der Waals surface area contributed by atoms with E-state index in [4.69, 9.17) is 9.47 Å². The highest BCUT2D eigenvalue weighted by atomic mass is 19.4. The highest BCUT2D eigenvalue weighted by Crippen LogP contribution is 2.39. The molecule has 0 fully saturated rings. The summed E-state index contributed by atoms with van der Waals surface area (Å²) in [4.78, 5) is 2.12. The van der Waals surface area contributed by atoms with Crippen molar-refractivity contribution in [3.63, 3.8) is 0 Å². The summed E-state index contributed by atoms with van der Waals surface area (Å²) in [7, 11) is 3.45. The van der Waals surface area contributed by atoms with Crippen molar-refractivity contribution in [2.24, 2.45) is 0 Å². The quantitative estimate of drug-likeness (QED) is 0.618. The van der Waals surface area contributed by atoms with Gasteiger partial charge in [-0.1, -0.05) is 19.4 Å². The molecule has 2 rings (SSSR count). The average molecular weight is 385 g/mol. The topological polar surface area (TPSA) is 50.4 Å². The van der Waals surface area contributed by atoms with Crippen molar-refractivity contribution in [2.75, 3.05) is 33.9 Å². The van der Waals surface area contributed by atoms with Crippen LogP contribution in [0.2, 0.25) is 0 Å². The maximum atomic E-state index is 13.5. The molecule has 0 atom stereocenters. The number of alkyl halides is 3. The zero-order valence-corrected chi connectivity index (χ0v) is 15.9. The van der Waals surface area contributed by atoms with E-state index in [0.29, 0.717) is 17.7 Å². The molecule has 8 heteroatoms. The zero-order chi connectivity index (χ0) is 19.9. The third-order valence-electron chi connectivity index (χ3n) is 4.18. The highest BCUT2D eigenvalue weighted by Gasteiger charge is 2.35. The number of aromatic nitrogens is 2. The molecule has 1 aromatic heterocycles. The molecule has 150 valence electrons. The zero-order valence-electron chi connectivity index (χ0n) is 15.9. The molecule has 0 amide bonds. The van der Waals surface area contributed by atoms with Crippen LogP contribution in [0.25, 0.3) is 11.1 Å². The maximum Gasteiger partial charge on any atom is 0.419 e. The van der Waals surface area contributed by atoms with Gasteiger partial charge in [-0.3, -0.25) is 5.10 Å². The average Bonchev–Trinajstić information content (AvgIpc) is 3.07. The van der Waals surface area contributed by atoms with Gasteiger partial charge < -0.3 is 14.4 Å². The number of rotatable bonds is 10. The van der Waals surface area contributed by atoms with Gasteiger partial charge in [-0.15, -0.1) is 0 Å². The summed E-state index contributed by atoms with van der Waals surface area (Å²) in [5.74, 6) is -0.201. The Bertz CT molecular complexity index is 716. The first-order valence-electron chi connectivity index (χ1n) is 8.91. The largest absolute Gasteiger partial charge is 0.491 e. The van der Waals surface area contributed by atoms with E-state index in [0.717, 1.165) is 31.1 Å². The molecule has 0 radical (unpaired) electrons. The van der Waals surface area contributed by atoms with Gasteiger partial charge in [0.25, 0.3) is 0 Å². The Kier molecular flexibility index (Phi) is 7.67. The molecule has 1 heterocycles. The first-order chi connectivity index (χ1) is 12.9. The number of hydrogen-bond acceptors (Lipinski definition) is 4. The Morgan fingerprint density at radius 1 is 1.22 bits per heavy atom. The molecule has 0 saturated heterocycles. The maximum absolute atomic E-state index is 13.5. The van der Waals surface area contributed by atoms with Crippen LogP contribution in [-0.2, 0) is 17.5 Å². The van der Waals surface area contributed by atoms with Gasteiger partial charge in [-0.2, -0.15) is 18.3 Å². The molecule has 0 aliphatic rings. The van der Waals surface area contributed by atoms with Gasteiger partial charge >= 0.3 is 6.18 Å². The fraction of sp³-hybridized carbons (Fsp3) is 0.526. The van der Waals surface area contributed by atoms with Gasteiger partial charge in [0.1, 0.15) is 12.4 Å². The van der Waals surface area contributed by atoms with E-state index < -0.39 is 11.7 Å². The normalized spacial score (nSPS) is 12.0. The number of nitrogens with one attached hydrogen (secondary N) is 1. The molecule has 2 aromatic rings. The van der Waals surface area contributed by atoms with E-state index in [1.54, 1.807) is 12.3 Å². The minimum atomic E-state index is -4.51. The number of ether oxygens (including phenoxy) is 2. The fourth-order valence-corrected chi connectivity index (χ4v) is 2.74. The second-order valence-electron chi connectivity index (χ2n) is 6.40. The predicted octanol–water partition coefficient (Wildman–Crippen LogP) is 4.35. The number of halogens is 3. The third-order valence-corrected chi connectivity index (χ3v) is 4.18. The van der Waals surface area contributed by atoms with Crippen LogP contribution in [0.1, 0.15) is 31.0 Å². The van der Waals surface area contributed by atoms with Gasteiger partial charge in [-0.05, 0) is 37.7 Å². The van der Waals surface area contributed by atoms with Crippen LogP contribution in [0.4, 0.5) is 13.2 Å². The van der Waals surface area contributed by atoms with Crippen LogP contribution in [0, 0.1) is 0 Å².